The van der Waals surface area contributed by atoms with Crippen LogP contribution in [0.1, 0.15) is 11.2 Å². The van der Waals surface area contributed by atoms with Gasteiger partial charge < -0.3 is 9.39 Å². The standard InChI is InChI=1S/C2H4O2.Ca.Na.Zn.3H/c1-2(3)4;;;;;;/h1H3,(H,3,4);;;;;;/q;+2;+1;;3*-1. The van der Waals surface area contributed by atoms with Crippen LogP contribution in [-0.2, 0) is 24.3 Å². The van der Waals surface area contributed by atoms with Gasteiger partial charge in [-0.05, 0) is 0 Å². The van der Waals surface area contributed by atoms with E-state index in [9.17, 15) is 0 Å². The average Bonchev–Trinajstić information content (AvgIpc) is 0.811. The maximum absolute atomic E-state index is 9.00. The number of carbonyl (C=O) groups is 1. The molecule has 2 nitrogen and oxygen atoms in total. The van der Waals surface area contributed by atoms with Crippen LogP contribution in [-0.4, -0.2) is 48.8 Å². The largest absolute Gasteiger partial charge is 2.00 e. The number of hydrogen-bond acceptors (Lipinski definition) is 1. The van der Waals surface area contributed by atoms with E-state index in [0.29, 0.717) is 0 Å². The third kappa shape index (κ3) is 60.9. The summed E-state index contributed by atoms with van der Waals surface area (Å²) >= 11 is 0. The Hall–Kier alpha value is 2.35. The molecule has 0 heterocycles. The van der Waals surface area contributed by atoms with Crippen LogP contribution in [0.4, 0.5) is 0 Å². The van der Waals surface area contributed by atoms with Gasteiger partial charge >= 0.3 is 67.3 Å². The Balaban J connectivity index is -0.00000000300. The number of hydrogen-bond donors (Lipinski definition) is 1. The van der Waals surface area contributed by atoms with Crippen LogP contribution in [0.2, 0.25) is 0 Å². The molecule has 0 aromatic rings. The SMILES string of the molecule is CC(=O)O.[Ca+2].[H-].[H-].[H-].[Na+].[Zn]. The molecule has 0 saturated heterocycles. The molecule has 0 aliphatic rings. The second kappa shape index (κ2) is 15.8. The topological polar surface area (TPSA) is 37.3 Å². The molecule has 1 N–H and O–H groups in total. The van der Waals surface area contributed by atoms with Gasteiger partial charge in [0.15, 0.2) is 0 Å². The van der Waals surface area contributed by atoms with Gasteiger partial charge in [0.2, 0.25) is 0 Å². The van der Waals surface area contributed by atoms with Crippen LogP contribution in [0.25, 0.3) is 0 Å². The predicted octanol–water partition coefficient (Wildman–Crippen LogP) is -2.95. The summed E-state index contributed by atoms with van der Waals surface area (Å²) in [4.78, 5) is 9.00. The van der Waals surface area contributed by atoms with Gasteiger partial charge in [0.25, 0.3) is 5.97 Å². The zero-order valence-corrected chi connectivity index (χ0v) is 11.9. The Kier molecular flexibility index (Phi) is 51.3. The van der Waals surface area contributed by atoms with Gasteiger partial charge in [-0.15, -0.1) is 0 Å². The van der Waals surface area contributed by atoms with Crippen molar-refractivity contribution in [1.29, 1.82) is 0 Å². The molecule has 0 radical (unpaired) electrons. The van der Waals surface area contributed by atoms with E-state index < -0.39 is 5.97 Å². The molecular formula is C2H7CaNaO2Zn. The van der Waals surface area contributed by atoms with Crippen molar-refractivity contribution in [2.75, 3.05) is 0 Å². The van der Waals surface area contributed by atoms with E-state index in [2.05, 4.69) is 0 Å². The molecule has 0 atom stereocenters. The van der Waals surface area contributed by atoms with Gasteiger partial charge in [-0.25, -0.2) is 0 Å². The molecule has 7 heavy (non-hydrogen) atoms. The van der Waals surface area contributed by atoms with E-state index in [0.717, 1.165) is 6.92 Å². The summed E-state index contributed by atoms with van der Waals surface area (Å²) in [6, 6.07) is 0. The third-order valence-corrected chi connectivity index (χ3v) is 0. The third-order valence-electron chi connectivity index (χ3n) is 0. The molecule has 0 spiro atoms. The normalized spacial score (nSPS) is 3.57. The van der Waals surface area contributed by atoms with Gasteiger partial charge in [-0.3, -0.25) is 4.79 Å². The van der Waals surface area contributed by atoms with E-state index in [4.69, 9.17) is 9.90 Å². The Morgan fingerprint density at radius 2 is 1.71 bits per heavy atom. The van der Waals surface area contributed by atoms with E-state index in [1.165, 1.54) is 0 Å². The molecule has 0 fully saturated rings. The molecule has 0 bridgehead atoms. The molecule has 32 valence electrons. The molecule has 5 heteroatoms. The van der Waals surface area contributed by atoms with Crippen molar-refractivity contribution in [3.8, 4) is 0 Å². The quantitative estimate of drug-likeness (QED) is 0.416. The van der Waals surface area contributed by atoms with Crippen LogP contribution in [0, 0.1) is 0 Å². The second-order valence-corrected chi connectivity index (χ2v) is 0.519. The van der Waals surface area contributed by atoms with Gasteiger partial charge in [-0.2, -0.15) is 0 Å². The van der Waals surface area contributed by atoms with E-state index in [1.807, 2.05) is 0 Å². The molecule has 0 unspecified atom stereocenters. The fraction of sp³-hybridized carbons (Fsp3) is 0.500. The van der Waals surface area contributed by atoms with E-state index in [-0.39, 0.29) is 91.1 Å². The number of carboxylic acid groups (broad SMARTS) is 1. The summed E-state index contributed by atoms with van der Waals surface area (Å²) in [7, 11) is 0. The maximum Gasteiger partial charge on any atom is 2.00 e. The summed E-state index contributed by atoms with van der Waals surface area (Å²) in [6.07, 6.45) is 0. The molecule has 0 aliphatic heterocycles. The van der Waals surface area contributed by atoms with Crippen LogP contribution >= 0.6 is 0 Å². The molecule has 0 rings (SSSR count). The predicted molar refractivity (Wildman–Crippen MR) is 22.4 cm³/mol. The Labute approximate surface area is 112 Å². The van der Waals surface area contributed by atoms with Crippen molar-refractivity contribution in [2.45, 2.75) is 6.92 Å². The Morgan fingerprint density at radius 1 is 1.71 bits per heavy atom. The molecular weight excluding hydrogens is 184 g/mol. The summed E-state index contributed by atoms with van der Waals surface area (Å²) in [5.74, 6) is -0.833. The molecule has 0 amide bonds. The van der Waals surface area contributed by atoms with Crippen molar-refractivity contribution in [3.05, 3.63) is 0 Å². The van der Waals surface area contributed by atoms with Crippen LogP contribution < -0.4 is 29.6 Å². The van der Waals surface area contributed by atoms with E-state index >= 15 is 0 Å². The fourth-order valence-corrected chi connectivity index (χ4v) is 0. The van der Waals surface area contributed by atoms with Crippen molar-refractivity contribution < 1.29 is 63.2 Å². The van der Waals surface area contributed by atoms with E-state index in [1.54, 1.807) is 0 Å². The van der Waals surface area contributed by atoms with Crippen molar-refractivity contribution in [1.82, 2.24) is 0 Å². The summed E-state index contributed by atoms with van der Waals surface area (Å²) < 4.78 is 0. The number of carboxylic acids is 1. The number of aliphatic carboxylic acids is 1. The smallest absolute Gasteiger partial charge is 1.00 e. The van der Waals surface area contributed by atoms with Gasteiger partial charge in [-0.1, -0.05) is 0 Å². The average molecular weight is 192 g/mol. The zero-order valence-electron chi connectivity index (χ0n) is 7.77. The minimum absolute atomic E-state index is 0. The van der Waals surface area contributed by atoms with Crippen molar-refractivity contribution in [3.63, 3.8) is 0 Å². The molecule has 0 aromatic carbocycles. The minimum atomic E-state index is -0.833. The zero-order chi connectivity index (χ0) is 3.58. The first-order valence-corrected chi connectivity index (χ1v) is 0.928. The van der Waals surface area contributed by atoms with Gasteiger partial charge in [0.05, 0.1) is 0 Å². The Bertz CT molecular complexity index is 47.5. The van der Waals surface area contributed by atoms with Crippen LogP contribution in [0.15, 0.2) is 0 Å². The monoisotopic (exact) mass is 190 g/mol. The number of rotatable bonds is 0. The van der Waals surface area contributed by atoms with Crippen LogP contribution in [0.3, 0.4) is 0 Å². The van der Waals surface area contributed by atoms with Crippen molar-refractivity contribution >= 4 is 43.7 Å². The van der Waals surface area contributed by atoms with Crippen molar-refractivity contribution in [2.24, 2.45) is 0 Å². The summed E-state index contributed by atoms with van der Waals surface area (Å²) in [5.41, 5.74) is 0. The van der Waals surface area contributed by atoms with Gasteiger partial charge in [0.1, 0.15) is 0 Å². The molecule has 0 aromatic heterocycles. The first kappa shape index (κ1) is 22.8. The maximum atomic E-state index is 9.00. The first-order valence-electron chi connectivity index (χ1n) is 0.928. The summed E-state index contributed by atoms with van der Waals surface area (Å²) in [6.45, 7) is 1.08. The van der Waals surface area contributed by atoms with Crippen LogP contribution in [0.5, 0.6) is 0 Å². The summed E-state index contributed by atoms with van der Waals surface area (Å²) in [5, 5.41) is 7.42. The first-order chi connectivity index (χ1) is 1.73. The minimum Gasteiger partial charge on any atom is -1.00 e. The molecule has 0 saturated carbocycles. The second-order valence-electron chi connectivity index (χ2n) is 0.519. The fourth-order valence-electron chi connectivity index (χ4n) is 0. The Morgan fingerprint density at radius 3 is 1.71 bits per heavy atom. The van der Waals surface area contributed by atoms with Gasteiger partial charge in [0, 0.05) is 26.4 Å². The molecule has 0 aliphatic carbocycles.